The summed E-state index contributed by atoms with van der Waals surface area (Å²) in [6.45, 7) is 5.30. The Hall–Kier alpha value is -4.05. The Morgan fingerprint density at radius 2 is 1.20 bits per heavy atom. The van der Waals surface area contributed by atoms with Crippen molar-refractivity contribution < 1.29 is 19.0 Å². The fourth-order valence-electron chi connectivity index (χ4n) is 6.99. The molecule has 0 radical (unpaired) electrons. The van der Waals surface area contributed by atoms with Crippen LogP contribution in [0.3, 0.4) is 0 Å². The summed E-state index contributed by atoms with van der Waals surface area (Å²) in [4.78, 5) is 13.1. The Morgan fingerprint density at radius 1 is 0.627 bits per heavy atom. The van der Waals surface area contributed by atoms with Gasteiger partial charge in [0, 0.05) is 0 Å². The molecule has 1 aliphatic heterocycles. The first-order chi connectivity index (χ1) is 25.1. The summed E-state index contributed by atoms with van der Waals surface area (Å²) >= 11 is 0. The van der Waals surface area contributed by atoms with Gasteiger partial charge in [-0.3, -0.25) is 0 Å². The van der Waals surface area contributed by atoms with Gasteiger partial charge in [0.1, 0.15) is 23.4 Å². The van der Waals surface area contributed by atoms with Crippen molar-refractivity contribution in [1.82, 2.24) is 0 Å². The first-order valence-corrected chi connectivity index (χ1v) is 20.1. The highest BCUT2D eigenvalue weighted by molar-refractivity contribution is 5.91. The van der Waals surface area contributed by atoms with E-state index in [1.807, 2.05) is 48.5 Å². The molecule has 0 bridgehead atoms. The Balaban J connectivity index is 1.02. The summed E-state index contributed by atoms with van der Waals surface area (Å²) < 4.78 is 18.1. The third kappa shape index (κ3) is 12.6. The van der Waals surface area contributed by atoms with Crippen LogP contribution in [0.15, 0.2) is 91.0 Å². The summed E-state index contributed by atoms with van der Waals surface area (Å²) in [6.07, 6.45) is 22.7. The molecule has 0 saturated heterocycles. The molecule has 1 atom stereocenters. The average Bonchev–Trinajstić information content (AvgIpc) is 3.17. The Kier molecular flexibility index (Phi) is 16.0. The molecule has 0 amide bonds. The number of esters is 1. The Bertz CT molecular complexity index is 1570. The van der Waals surface area contributed by atoms with Gasteiger partial charge in [0.25, 0.3) is 0 Å². The number of hydrogen-bond donors (Lipinski definition) is 0. The van der Waals surface area contributed by atoms with E-state index >= 15 is 0 Å². The van der Waals surface area contributed by atoms with E-state index in [2.05, 4.69) is 50.2 Å². The number of unbranched alkanes of at least 4 members (excludes halogenated alkanes) is 13. The first kappa shape index (κ1) is 38.2. The number of carbonyl (C=O) groups excluding carboxylic acids is 1. The summed E-state index contributed by atoms with van der Waals surface area (Å²) in [7, 11) is 0. The average molecular weight is 689 g/mol. The van der Waals surface area contributed by atoms with Gasteiger partial charge in [-0.2, -0.15) is 0 Å². The summed E-state index contributed by atoms with van der Waals surface area (Å²) in [5.74, 6) is 1.92. The number of rotatable bonds is 22. The molecule has 272 valence electrons. The zero-order valence-corrected chi connectivity index (χ0v) is 31.3. The standard InChI is InChI=1S/C47H60O4/c1-3-5-7-9-10-11-12-13-15-17-35-49-43-29-23-38(24-30-43)39-25-31-44(32-26-39)50-47(48)42-28-34-46-41(36-42)27-33-45(51-46)40-21-19-37(20-22-40)18-16-14-8-6-4-2/h19-26,28-32,34,36,45H,3-18,27,33,35H2,1-2H3. The highest BCUT2D eigenvalue weighted by atomic mass is 16.5. The quantitative estimate of drug-likeness (QED) is 0.0468. The molecule has 5 rings (SSSR count). The lowest BCUT2D eigenvalue weighted by molar-refractivity contribution is 0.0734. The van der Waals surface area contributed by atoms with Crippen LogP contribution in [0, 0.1) is 0 Å². The molecule has 0 spiro atoms. The van der Waals surface area contributed by atoms with Crippen LogP contribution in [0.4, 0.5) is 0 Å². The van der Waals surface area contributed by atoms with E-state index in [4.69, 9.17) is 14.2 Å². The molecule has 1 aliphatic rings. The highest BCUT2D eigenvalue weighted by Crippen LogP contribution is 2.36. The minimum Gasteiger partial charge on any atom is -0.494 e. The number of fused-ring (bicyclic) bond motifs is 1. The first-order valence-electron chi connectivity index (χ1n) is 20.1. The number of aryl methyl sites for hydroxylation is 2. The van der Waals surface area contributed by atoms with Crippen LogP contribution >= 0.6 is 0 Å². The molecule has 0 fully saturated rings. The molecule has 0 saturated carbocycles. The minimum absolute atomic E-state index is 0.0329. The number of benzene rings is 4. The lowest BCUT2D eigenvalue weighted by atomic mass is 9.95. The van der Waals surface area contributed by atoms with Gasteiger partial charge < -0.3 is 14.2 Å². The van der Waals surface area contributed by atoms with E-state index in [0.29, 0.717) is 11.3 Å². The predicted octanol–water partition coefficient (Wildman–Crippen LogP) is 13.5. The number of carbonyl (C=O) groups is 1. The van der Waals surface area contributed by atoms with E-state index < -0.39 is 0 Å². The normalized spacial score (nSPS) is 13.7. The second-order valence-corrected chi connectivity index (χ2v) is 14.3. The molecule has 4 heteroatoms. The number of ether oxygens (including phenoxy) is 3. The maximum absolute atomic E-state index is 13.1. The van der Waals surface area contributed by atoms with E-state index in [9.17, 15) is 4.79 Å². The van der Waals surface area contributed by atoms with Crippen molar-refractivity contribution in [2.24, 2.45) is 0 Å². The molecular formula is C47H60O4. The van der Waals surface area contributed by atoms with Crippen molar-refractivity contribution in [2.75, 3.05) is 6.61 Å². The van der Waals surface area contributed by atoms with Gasteiger partial charge in [0.05, 0.1) is 12.2 Å². The monoisotopic (exact) mass is 688 g/mol. The summed E-state index contributed by atoms with van der Waals surface area (Å²) in [6, 6.07) is 30.5. The van der Waals surface area contributed by atoms with Gasteiger partial charge in [0.15, 0.2) is 0 Å². The van der Waals surface area contributed by atoms with Gasteiger partial charge in [-0.1, -0.05) is 146 Å². The largest absolute Gasteiger partial charge is 0.494 e. The molecular weight excluding hydrogens is 629 g/mol. The van der Waals surface area contributed by atoms with Gasteiger partial charge in [-0.25, -0.2) is 4.79 Å². The van der Waals surface area contributed by atoms with Crippen molar-refractivity contribution in [2.45, 2.75) is 136 Å². The molecule has 4 aromatic rings. The van der Waals surface area contributed by atoms with Crippen LogP contribution in [0.5, 0.6) is 17.2 Å². The van der Waals surface area contributed by atoms with Gasteiger partial charge >= 0.3 is 5.97 Å². The van der Waals surface area contributed by atoms with Crippen LogP contribution in [-0.4, -0.2) is 12.6 Å². The van der Waals surface area contributed by atoms with Crippen LogP contribution in [0.25, 0.3) is 11.1 Å². The molecule has 0 N–H and O–H groups in total. The van der Waals surface area contributed by atoms with E-state index in [1.165, 1.54) is 101 Å². The molecule has 0 aromatic heterocycles. The minimum atomic E-state index is -0.359. The third-order valence-corrected chi connectivity index (χ3v) is 10.2. The zero-order valence-electron chi connectivity index (χ0n) is 31.3. The molecule has 4 aromatic carbocycles. The lowest BCUT2D eigenvalue weighted by Gasteiger charge is -2.27. The van der Waals surface area contributed by atoms with Crippen molar-refractivity contribution in [3.8, 4) is 28.4 Å². The second kappa shape index (κ2) is 21.3. The molecule has 1 unspecified atom stereocenters. The lowest BCUT2D eigenvalue weighted by Crippen LogP contribution is -2.16. The van der Waals surface area contributed by atoms with Crippen LogP contribution in [0.2, 0.25) is 0 Å². The smallest absolute Gasteiger partial charge is 0.343 e. The Morgan fingerprint density at radius 3 is 1.82 bits per heavy atom. The van der Waals surface area contributed by atoms with E-state index in [-0.39, 0.29) is 12.1 Å². The van der Waals surface area contributed by atoms with Crippen LogP contribution in [0.1, 0.15) is 150 Å². The maximum atomic E-state index is 13.1. The summed E-state index contributed by atoms with van der Waals surface area (Å²) in [5, 5.41) is 0. The van der Waals surface area contributed by atoms with E-state index in [1.54, 1.807) is 6.07 Å². The van der Waals surface area contributed by atoms with Gasteiger partial charge in [-0.15, -0.1) is 0 Å². The van der Waals surface area contributed by atoms with Crippen molar-refractivity contribution in [3.63, 3.8) is 0 Å². The van der Waals surface area contributed by atoms with Crippen LogP contribution in [-0.2, 0) is 12.8 Å². The predicted molar refractivity (Wildman–Crippen MR) is 211 cm³/mol. The van der Waals surface area contributed by atoms with Gasteiger partial charge in [0.2, 0.25) is 0 Å². The molecule has 0 aliphatic carbocycles. The topological polar surface area (TPSA) is 44.8 Å². The number of hydrogen-bond acceptors (Lipinski definition) is 4. The molecule has 51 heavy (non-hydrogen) atoms. The third-order valence-electron chi connectivity index (χ3n) is 10.2. The molecule has 4 nitrogen and oxygen atoms in total. The second-order valence-electron chi connectivity index (χ2n) is 14.3. The SMILES string of the molecule is CCCCCCCCCCCCOc1ccc(-c2ccc(OC(=O)c3ccc4c(c3)CCC(c3ccc(CCCCCCC)cc3)O4)cc2)cc1. The maximum Gasteiger partial charge on any atom is 0.343 e. The fourth-order valence-corrected chi connectivity index (χ4v) is 6.99. The Labute approximate surface area is 307 Å². The summed E-state index contributed by atoms with van der Waals surface area (Å²) in [5.41, 5.74) is 6.37. The highest BCUT2D eigenvalue weighted by Gasteiger charge is 2.23. The van der Waals surface area contributed by atoms with E-state index in [0.717, 1.165) is 60.5 Å². The van der Waals surface area contributed by atoms with Crippen molar-refractivity contribution >= 4 is 5.97 Å². The van der Waals surface area contributed by atoms with Crippen molar-refractivity contribution in [1.29, 1.82) is 0 Å². The van der Waals surface area contributed by atoms with Crippen molar-refractivity contribution in [3.05, 3.63) is 113 Å². The fraction of sp³-hybridized carbons (Fsp3) is 0.468. The zero-order chi connectivity index (χ0) is 35.5. The van der Waals surface area contributed by atoms with Gasteiger partial charge in [-0.05, 0) is 102 Å². The van der Waals surface area contributed by atoms with Crippen LogP contribution < -0.4 is 14.2 Å². The molecule has 1 heterocycles.